The van der Waals surface area contributed by atoms with E-state index in [0.717, 1.165) is 10.6 Å². The van der Waals surface area contributed by atoms with E-state index in [1.807, 2.05) is 30.5 Å². The average molecular weight is 300 g/mol. The molecule has 0 saturated carbocycles. The summed E-state index contributed by atoms with van der Waals surface area (Å²) < 4.78 is 0. The predicted octanol–water partition coefficient (Wildman–Crippen LogP) is 4.26. The molecule has 0 fully saturated rings. The Hall–Kier alpha value is -2.27. The lowest BCUT2D eigenvalue weighted by Gasteiger charge is -2.09. The van der Waals surface area contributed by atoms with E-state index in [2.05, 4.69) is 10.6 Å². The van der Waals surface area contributed by atoms with Crippen LogP contribution in [0.2, 0.25) is 0 Å². The molecule has 108 valence electrons. The molecule has 0 atom stereocenters. The van der Waals surface area contributed by atoms with Gasteiger partial charge in [-0.15, -0.1) is 11.8 Å². The highest BCUT2D eigenvalue weighted by molar-refractivity contribution is 7.98. The molecule has 2 amide bonds. The number of ketones is 1. The van der Waals surface area contributed by atoms with Gasteiger partial charge in [0.05, 0.1) is 0 Å². The van der Waals surface area contributed by atoms with E-state index in [1.165, 1.54) is 6.92 Å². The lowest BCUT2D eigenvalue weighted by molar-refractivity contribution is 0.101. The molecular weight excluding hydrogens is 284 g/mol. The van der Waals surface area contributed by atoms with Crippen LogP contribution in [0, 0.1) is 0 Å². The van der Waals surface area contributed by atoms with Gasteiger partial charge in [0.25, 0.3) is 0 Å². The minimum atomic E-state index is -0.339. The highest BCUT2D eigenvalue weighted by atomic mass is 32.2. The standard InChI is InChI=1S/C16H16N2O2S/c1-11(19)12-5-3-6-13(9-12)17-16(20)18-14-7-4-8-15(10-14)21-2/h3-10H,1-2H3,(H2,17,18,20). The minimum absolute atomic E-state index is 0.0354. The Morgan fingerprint density at radius 1 is 0.952 bits per heavy atom. The molecule has 0 heterocycles. The van der Waals surface area contributed by atoms with Crippen molar-refractivity contribution in [3.63, 3.8) is 0 Å². The predicted molar refractivity (Wildman–Crippen MR) is 87.3 cm³/mol. The molecule has 5 heteroatoms. The third kappa shape index (κ3) is 4.36. The molecule has 2 rings (SSSR count). The second-order valence-corrected chi connectivity index (χ2v) is 5.33. The fourth-order valence-electron chi connectivity index (χ4n) is 1.81. The summed E-state index contributed by atoms with van der Waals surface area (Å²) in [5.74, 6) is -0.0354. The number of nitrogens with one attached hydrogen (secondary N) is 2. The van der Waals surface area contributed by atoms with Crippen LogP contribution in [-0.4, -0.2) is 18.1 Å². The fraction of sp³-hybridized carbons (Fsp3) is 0.125. The summed E-state index contributed by atoms with van der Waals surface area (Å²) in [6.07, 6.45) is 1.98. The first-order chi connectivity index (χ1) is 10.1. The van der Waals surface area contributed by atoms with Crippen molar-refractivity contribution in [2.24, 2.45) is 0 Å². The summed E-state index contributed by atoms with van der Waals surface area (Å²) in [6.45, 7) is 1.49. The average Bonchev–Trinajstić information content (AvgIpc) is 2.47. The van der Waals surface area contributed by atoms with E-state index < -0.39 is 0 Å². The molecule has 4 nitrogen and oxygen atoms in total. The summed E-state index contributed by atoms with van der Waals surface area (Å²) in [4.78, 5) is 24.3. The Labute approximate surface area is 127 Å². The molecule has 0 aliphatic carbocycles. The van der Waals surface area contributed by atoms with Crippen molar-refractivity contribution in [1.29, 1.82) is 0 Å². The maximum Gasteiger partial charge on any atom is 0.323 e. The molecule has 0 unspecified atom stereocenters. The van der Waals surface area contributed by atoms with Crippen LogP contribution >= 0.6 is 11.8 Å². The first-order valence-electron chi connectivity index (χ1n) is 6.41. The number of carbonyl (C=O) groups is 2. The maximum absolute atomic E-state index is 11.9. The van der Waals surface area contributed by atoms with Crippen molar-refractivity contribution in [2.45, 2.75) is 11.8 Å². The topological polar surface area (TPSA) is 58.2 Å². The quantitative estimate of drug-likeness (QED) is 0.655. The van der Waals surface area contributed by atoms with Crippen LogP contribution in [0.4, 0.5) is 16.2 Å². The van der Waals surface area contributed by atoms with Gasteiger partial charge < -0.3 is 10.6 Å². The highest BCUT2D eigenvalue weighted by Gasteiger charge is 2.05. The number of urea groups is 1. The van der Waals surface area contributed by atoms with Crippen molar-refractivity contribution >= 4 is 35.0 Å². The summed E-state index contributed by atoms with van der Waals surface area (Å²) in [7, 11) is 0. The van der Waals surface area contributed by atoms with Gasteiger partial charge in [0, 0.05) is 21.8 Å². The van der Waals surface area contributed by atoms with Gasteiger partial charge in [-0.25, -0.2) is 4.79 Å². The van der Waals surface area contributed by atoms with Crippen LogP contribution in [-0.2, 0) is 0 Å². The Balaban J connectivity index is 2.04. The van der Waals surface area contributed by atoms with Crippen molar-refractivity contribution in [1.82, 2.24) is 0 Å². The molecule has 2 aromatic carbocycles. The monoisotopic (exact) mass is 300 g/mol. The molecule has 0 radical (unpaired) electrons. The van der Waals surface area contributed by atoms with Crippen LogP contribution in [0.15, 0.2) is 53.4 Å². The number of benzene rings is 2. The van der Waals surface area contributed by atoms with E-state index >= 15 is 0 Å². The number of hydrogen-bond donors (Lipinski definition) is 2. The summed E-state index contributed by atoms with van der Waals surface area (Å²) in [5.41, 5.74) is 1.88. The molecule has 0 aliphatic rings. The van der Waals surface area contributed by atoms with Crippen LogP contribution in [0.1, 0.15) is 17.3 Å². The van der Waals surface area contributed by atoms with Gasteiger partial charge in [-0.2, -0.15) is 0 Å². The first kappa shape index (κ1) is 15.1. The van der Waals surface area contributed by atoms with Gasteiger partial charge >= 0.3 is 6.03 Å². The van der Waals surface area contributed by atoms with E-state index in [9.17, 15) is 9.59 Å². The summed E-state index contributed by atoms with van der Waals surface area (Å²) >= 11 is 1.61. The van der Waals surface area contributed by atoms with Crippen LogP contribution in [0.3, 0.4) is 0 Å². The van der Waals surface area contributed by atoms with Crippen LogP contribution in [0.5, 0.6) is 0 Å². The number of hydrogen-bond acceptors (Lipinski definition) is 3. The second-order valence-electron chi connectivity index (χ2n) is 4.45. The van der Waals surface area contributed by atoms with Crippen molar-refractivity contribution in [3.05, 3.63) is 54.1 Å². The van der Waals surface area contributed by atoms with E-state index in [1.54, 1.807) is 36.0 Å². The van der Waals surface area contributed by atoms with Gasteiger partial charge in [-0.3, -0.25) is 4.79 Å². The van der Waals surface area contributed by atoms with E-state index in [4.69, 9.17) is 0 Å². The van der Waals surface area contributed by atoms with Crippen molar-refractivity contribution < 1.29 is 9.59 Å². The molecule has 0 spiro atoms. The smallest absolute Gasteiger partial charge is 0.308 e. The zero-order valence-electron chi connectivity index (χ0n) is 11.8. The zero-order valence-corrected chi connectivity index (χ0v) is 12.7. The molecule has 0 aromatic heterocycles. The summed E-state index contributed by atoms with van der Waals surface area (Å²) in [6, 6.07) is 14.1. The fourth-order valence-corrected chi connectivity index (χ4v) is 2.27. The lowest BCUT2D eigenvalue weighted by Crippen LogP contribution is -2.19. The van der Waals surface area contributed by atoms with Gasteiger partial charge in [-0.1, -0.05) is 18.2 Å². The molecule has 0 bridgehead atoms. The normalized spacial score (nSPS) is 10.0. The van der Waals surface area contributed by atoms with Gasteiger partial charge in [0.1, 0.15) is 0 Å². The first-order valence-corrected chi connectivity index (χ1v) is 7.64. The van der Waals surface area contributed by atoms with Crippen LogP contribution < -0.4 is 10.6 Å². The Kier molecular flexibility index (Phi) is 5.00. The molecule has 2 N–H and O–H groups in total. The minimum Gasteiger partial charge on any atom is -0.308 e. The van der Waals surface area contributed by atoms with Gasteiger partial charge in [-0.05, 0) is 43.5 Å². The SMILES string of the molecule is CSc1cccc(NC(=O)Nc2cccc(C(C)=O)c2)c1. The number of carbonyl (C=O) groups excluding carboxylic acids is 2. The zero-order chi connectivity index (χ0) is 15.2. The van der Waals surface area contributed by atoms with Crippen LogP contribution in [0.25, 0.3) is 0 Å². The molecular formula is C16H16N2O2S. The number of rotatable bonds is 4. The Bertz CT molecular complexity index is 671. The van der Waals surface area contributed by atoms with E-state index in [0.29, 0.717) is 11.3 Å². The Morgan fingerprint density at radius 2 is 1.57 bits per heavy atom. The van der Waals surface area contributed by atoms with Gasteiger partial charge in [0.2, 0.25) is 0 Å². The van der Waals surface area contributed by atoms with Crippen molar-refractivity contribution in [3.8, 4) is 0 Å². The number of amides is 2. The molecule has 21 heavy (non-hydrogen) atoms. The number of Topliss-reactive ketones (excluding diaryl/α,β-unsaturated/α-hetero) is 1. The highest BCUT2D eigenvalue weighted by Crippen LogP contribution is 2.19. The van der Waals surface area contributed by atoms with E-state index in [-0.39, 0.29) is 11.8 Å². The lowest BCUT2D eigenvalue weighted by atomic mass is 10.1. The van der Waals surface area contributed by atoms with Gasteiger partial charge in [0.15, 0.2) is 5.78 Å². The number of anilines is 2. The molecule has 2 aromatic rings. The summed E-state index contributed by atoms with van der Waals surface area (Å²) in [5, 5.41) is 5.48. The molecule has 0 aliphatic heterocycles. The third-order valence-electron chi connectivity index (χ3n) is 2.85. The number of thioether (sulfide) groups is 1. The Morgan fingerprint density at radius 3 is 2.19 bits per heavy atom. The van der Waals surface area contributed by atoms with Crippen molar-refractivity contribution in [2.75, 3.05) is 16.9 Å². The largest absolute Gasteiger partial charge is 0.323 e. The third-order valence-corrected chi connectivity index (χ3v) is 3.58. The molecule has 0 saturated heterocycles. The maximum atomic E-state index is 11.9. The second kappa shape index (κ2) is 6.95.